The molecule has 20 heavy (non-hydrogen) atoms. The highest BCUT2D eigenvalue weighted by molar-refractivity contribution is 7.92. The predicted molar refractivity (Wildman–Crippen MR) is 73.5 cm³/mol. The number of aromatic amines is 1. The lowest BCUT2D eigenvalue weighted by molar-refractivity contribution is 0.593. The summed E-state index contributed by atoms with van der Waals surface area (Å²) in [6, 6.07) is 3.69. The molecule has 0 amide bonds. The van der Waals surface area contributed by atoms with Gasteiger partial charge in [0.25, 0.3) is 10.0 Å². The van der Waals surface area contributed by atoms with Crippen molar-refractivity contribution >= 4 is 15.7 Å². The van der Waals surface area contributed by atoms with Gasteiger partial charge in [-0.25, -0.2) is 0 Å². The summed E-state index contributed by atoms with van der Waals surface area (Å²) in [4.78, 5) is 3.85. The second kappa shape index (κ2) is 5.22. The van der Waals surface area contributed by atoms with Gasteiger partial charge >= 0.3 is 0 Å². The van der Waals surface area contributed by atoms with Crippen LogP contribution in [0.5, 0.6) is 0 Å². The summed E-state index contributed by atoms with van der Waals surface area (Å²) in [6.07, 6.45) is 6.89. The third-order valence-corrected chi connectivity index (χ3v) is 4.43. The van der Waals surface area contributed by atoms with E-state index in [0.717, 1.165) is 12.8 Å². The average Bonchev–Trinajstić information content (AvgIpc) is 3.13. The van der Waals surface area contributed by atoms with Crippen LogP contribution in [-0.4, -0.2) is 29.6 Å². The Balaban J connectivity index is 1.78. The first-order valence-corrected chi connectivity index (χ1v) is 7.82. The highest BCUT2D eigenvalue weighted by Crippen LogP contribution is 2.21. The number of hydrogen-bond acceptors (Lipinski definition) is 5. The van der Waals surface area contributed by atoms with Crippen LogP contribution in [0, 0.1) is 0 Å². The molecule has 0 unspecified atom stereocenters. The van der Waals surface area contributed by atoms with Crippen LogP contribution < -0.4 is 10.0 Å². The highest BCUT2D eigenvalue weighted by atomic mass is 32.2. The zero-order valence-electron chi connectivity index (χ0n) is 10.7. The molecule has 106 valence electrons. The number of pyridine rings is 1. The van der Waals surface area contributed by atoms with Crippen LogP contribution in [0.2, 0.25) is 0 Å². The molecule has 0 radical (unpaired) electrons. The Bertz CT molecular complexity index is 679. The molecule has 0 atom stereocenters. The zero-order valence-corrected chi connectivity index (χ0v) is 11.5. The average molecular weight is 293 g/mol. The lowest BCUT2D eigenvalue weighted by atomic mass is 10.3. The van der Waals surface area contributed by atoms with E-state index in [1.165, 1.54) is 18.6 Å². The van der Waals surface area contributed by atoms with Crippen LogP contribution in [0.3, 0.4) is 0 Å². The molecule has 3 N–H and O–H groups in total. The highest BCUT2D eigenvalue weighted by Gasteiger charge is 2.24. The van der Waals surface area contributed by atoms with Crippen molar-refractivity contribution in [2.24, 2.45) is 0 Å². The van der Waals surface area contributed by atoms with E-state index in [2.05, 4.69) is 25.2 Å². The lowest BCUT2D eigenvalue weighted by Gasteiger charge is -2.08. The smallest absolute Gasteiger partial charge is 0.279 e. The number of H-pyrrole nitrogens is 1. The first kappa shape index (κ1) is 13.1. The van der Waals surface area contributed by atoms with Gasteiger partial charge in [-0.2, -0.15) is 13.5 Å². The molecule has 0 spiro atoms. The van der Waals surface area contributed by atoms with Crippen molar-refractivity contribution in [1.82, 2.24) is 20.5 Å². The third kappa shape index (κ3) is 2.97. The second-order valence-corrected chi connectivity index (χ2v) is 6.34. The Kier molecular flexibility index (Phi) is 3.41. The van der Waals surface area contributed by atoms with Crippen molar-refractivity contribution in [2.75, 3.05) is 4.72 Å². The van der Waals surface area contributed by atoms with Gasteiger partial charge in [0.05, 0.1) is 11.9 Å². The fourth-order valence-corrected chi connectivity index (χ4v) is 3.02. The normalized spacial score (nSPS) is 15.2. The van der Waals surface area contributed by atoms with Crippen molar-refractivity contribution in [3.05, 3.63) is 36.3 Å². The summed E-state index contributed by atoms with van der Waals surface area (Å²) < 4.78 is 27.1. The molecule has 1 aliphatic carbocycles. The van der Waals surface area contributed by atoms with Gasteiger partial charge in [0.15, 0.2) is 5.03 Å². The van der Waals surface area contributed by atoms with Gasteiger partial charge in [-0.05, 0) is 25.0 Å². The Morgan fingerprint density at radius 2 is 2.05 bits per heavy atom. The first-order chi connectivity index (χ1) is 9.65. The Labute approximate surface area is 116 Å². The summed E-state index contributed by atoms with van der Waals surface area (Å²) in [7, 11) is -3.66. The molecule has 0 aliphatic heterocycles. The minimum Gasteiger partial charge on any atom is -0.310 e. The standard InChI is InChI=1S/C12H15N5O2S/c18-20(19,17-11-3-5-13-6-4-11)12-9(8-15-16-12)7-14-10-1-2-10/h3-6,8,10,14H,1-2,7H2,(H,13,17)(H,15,16). The zero-order chi connectivity index (χ0) is 14.0. The van der Waals surface area contributed by atoms with E-state index in [1.54, 1.807) is 12.1 Å². The Morgan fingerprint density at radius 1 is 1.30 bits per heavy atom. The molecule has 2 heterocycles. The molecular formula is C12H15N5O2S. The maximum absolute atomic E-state index is 12.3. The minimum absolute atomic E-state index is 0.0995. The first-order valence-electron chi connectivity index (χ1n) is 6.33. The molecule has 0 saturated heterocycles. The molecule has 7 nitrogen and oxygen atoms in total. The third-order valence-electron chi connectivity index (χ3n) is 3.04. The monoisotopic (exact) mass is 293 g/mol. The summed E-state index contributed by atoms with van der Waals surface area (Å²) in [6.45, 7) is 0.494. The number of rotatable bonds is 6. The molecule has 2 aromatic heterocycles. The SMILES string of the molecule is O=S(=O)(Nc1ccncc1)c1[nH]ncc1CNC1CC1. The van der Waals surface area contributed by atoms with E-state index in [0.29, 0.717) is 23.8 Å². The van der Waals surface area contributed by atoms with Crippen LogP contribution in [0.15, 0.2) is 35.7 Å². The van der Waals surface area contributed by atoms with Crippen LogP contribution >= 0.6 is 0 Å². The number of nitrogens with one attached hydrogen (secondary N) is 3. The molecule has 1 aliphatic rings. The molecular weight excluding hydrogens is 278 g/mol. The molecule has 3 rings (SSSR count). The molecule has 0 bridgehead atoms. The van der Waals surface area contributed by atoms with E-state index >= 15 is 0 Å². The lowest BCUT2D eigenvalue weighted by Crippen LogP contribution is -2.19. The molecule has 8 heteroatoms. The van der Waals surface area contributed by atoms with E-state index in [-0.39, 0.29) is 5.03 Å². The van der Waals surface area contributed by atoms with Gasteiger partial charge in [0.1, 0.15) is 0 Å². The largest absolute Gasteiger partial charge is 0.310 e. The van der Waals surface area contributed by atoms with Gasteiger partial charge in [-0.3, -0.25) is 14.8 Å². The quantitative estimate of drug-likeness (QED) is 0.733. The fraction of sp³-hybridized carbons (Fsp3) is 0.333. The summed E-state index contributed by atoms with van der Waals surface area (Å²) >= 11 is 0. The maximum atomic E-state index is 12.3. The van der Waals surface area contributed by atoms with Crippen molar-refractivity contribution in [1.29, 1.82) is 0 Å². The number of sulfonamides is 1. The van der Waals surface area contributed by atoms with E-state index in [9.17, 15) is 8.42 Å². The summed E-state index contributed by atoms with van der Waals surface area (Å²) in [5.74, 6) is 0. The van der Waals surface area contributed by atoms with Gasteiger partial charge in [-0.1, -0.05) is 0 Å². The molecule has 1 saturated carbocycles. The van der Waals surface area contributed by atoms with Crippen molar-refractivity contribution in [3.63, 3.8) is 0 Å². The molecule has 2 aromatic rings. The topological polar surface area (TPSA) is 99.8 Å². The number of aromatic nitrogens is 3. The van der Waals surface area contributed by atoms with Crippen LogP contribution in [-0.2, 0) is 16.6 Å². The van der Waals surface area contributed by atoms with Crippen LogP contribution in [0.25, 0.3) is 0 Å². The maximum Gasteiger partial charge on any atom is 0.279 e. The number of nitrogens with zero attached hydrogens (tertiary/aromatic N) is 2. The number of anilines is 1. The van der Waals surface area contributed by atoms with E-state index < -0.39 is 10.0 Å². The summed E-state index contributed by atoms with van der Waals surface area (Å²) in [5, 5.41) is 9.76. The predicted octanol–water partition coefficient (Wildman–Crippen LogP) is 0.857. The van der Waals surface area contributed by atoms with Crippen LogP contribution in [0.1, 0.15) is 18.4 Å². The second-order valence-electron chi connectivity index (χ2n) is 4.72. The van der Waals surface area contributed by atoms with Gasteiger partial charge in [-0.15, -0.1) is 0 Å². The minimum atomic E-state index is -3.66. The number of hydrogen-bond donors (Lipinski definition) is 3. The molecule has 0 aromatic carbocycles. The van der Waals surface area contributed by atoms with E-state index in [4.69, 9.17) is 0 Å². The van der Waals surface area contributed by atoms with Gasteiger partial charge in [0.2, 0.25) is 0 Å². The Morgan fingerprint density at radius 3 is 2.75 bits per heavy atom. The fourth-order valence-electron chi connectivity index (χ4n) is 1.83. The summed E-state index contributed by atoms with van der Waals surface area (Å²) in [5.41, 5.74) is 1.11. The van der Waals surface area contributed by atoms with Gasteiger partial charge in [0, 0.05) is 30.5 Å². The molecule has 1 fully saturated rings. The van der Waals surface area contributed by atoms with Crippen molar-refractivity contribution in [3.8, 4) is 0 Å². The van der Waals surface area contributed by atoms with E-state index in [1.807, 2.05) is 0 Å². The van der Waals surface area contributed by atoms with Crippen molar-refractivity contribution < 1.29 is 8.42 Å². The van der Waals surface area contributed by atoms with Gasteiger partial charge < -0.3 is 5.32 Å². The van der Waals surface area contributed by atoms with Crippen LogP contribution in [0.4, 0.5) is 5.69 Å². The van der Waals surface area contributed by atoms with Crippen molar-refractivity contribution in [2.45, 2.75) is 30.5 Å². The Hall–Kier alpha value is -1.93.